The van der Waals surface area contributed by atoms with Crippen molar-refractivity contribution in [3.05, 3.63) is 15.8 Å². The van der Waals surface area contributed by atoms with Gasteiger partial charge in [-0.25, -0.2) is 4.99 Å². The fraction of sp³-hybridized carbons (Fsp3) is 0.500. The normalized spacial score (nSPS) is 15.1. The lowest BCUT2D eigenvalue weighted by molar-refractivity contribution is 0.942. The molecule has 1 aliphatic rings. The van der Waals surface area contributed by atoms with Gasteiger partial charge in [0.2, 0.25) is 0 Å². The van der Waals surface area contributed by atoms with Crippen molar-refractivity contribution in [1.82, 2.24) is 10.6 Å². The Balaban J connectivity index is 2.30. The monoisotopic (exact) mass is 209 g/mol. The van der Waals surface area contributed by atoms with E-state index >= 15 is 0 Å². The first-order chi connectivity index (χ1) is 6.81. The molecule has 0 radical (unpaired) electrons. The molecule has 0 spiro atoms. The van der Waals surface area contributed by atoms with E-state index in [4.69, 9.17) is 0 Å². The number of hydrogen-bond acceptors (Lipinski definition) is 2. The van der Waals surface area contributed by atoms with Crippen molar-refractivity contribution in [3.8, 4) is 0 Å². The van der Waals surface area contributed by atoms with Crippen LogP contribution in [0.25, 0.3) is 0 Å². The number of nitrogens with zero attached hydrogens (tertiary/aromatic N) is 1. The highest BCUT2D eigenvalue weighted by molar-refractivity contribution is 7.10. The van der Waals surface area contributed by atoms with Crippen molar-refractivity contribution < 1.29 is 0 Å². The molecule has 14 heavy (non-hydrogen) atoms. The minimum absolute atomic E-state index is 0.918. The molecular formula is C10H15N3S. The van der Waals surface area contributed by atoms with Crippen LogP contribution >= 0.6 is 11.3 Å². The van der Waals surface area contributed by atoms with Crippen molar-refractivity contribution in [2.75, 3.05) is 13.1 Å². The van der Waals surface area contributed by atoms with Crippen LogP contribution < -0.4 is 10.6 Å². The molecule has 1 fully saturated rings. The number of nitrogens with one attached hydrogen (secondary N) is 2. The number of hydrogen-bond donors (Lipinski definition) is 2. The van der Waals surface area contributed by atoms with Gasteiger partial charge in [-0.2, -0.15) is 0 Å². The third-order valence-electron chi connectivity index (χ3n) is 2.33. The van der Waals surface area contributed by atoms with Gasteiger partial charge >= 0.3 is 0 Å². The van der Waals surface area contributed by atoms with Gasteiger partial charge < -0.3 is 10.6 Å². The summed E-state index contributed by atoms with van der Waals surface area (Å²) in [6.07, 6.45) is 1.05. The molecule has 0 saturated carbocycles. The van der Waals surface area contributed by atoms with Gasteiger partial charge in [0.05, 0.1) is 5.69 Å². The first kappa shape index (κ1) is 9.52. The van der Waals surface area contributed by atoms with Gasteiger partial charge in [0.15, 0.2) is 5.96 Å². The molecular weight excluding hydrogens is 194 g/mol. The molecule has 0 amide bonds. The van der Waals surface area contributed by atoms with E-state index in [1.54, 1.807) is 11.3 Å². The number of rotatable bonds is 2. The van der Waals surface area contributed by atoms with Crippen molar-refractivity contribution >= 4 is 23.0 Å². The molecule has 0 unspecified atom stereocenters. The Morgan fingerprint density at radius 1 is 1.43 bits per heavy atom. The lowest BCUT2D eigenvalue weighted by atomic mass is 10.2. The smallest absolute Gasteiger partial charge is 0.196 e. The zero-order chi connectivity index (χ0) is 9.97. The maximum Gasteiger partial charge on any atom is 0.196 e. The standard InChI is InChI=1S/C10H15N3S/c1-3-8-6-14-7(2)9(8)13-10-11-4-5-12-10/h6H,3-5H2,1-2H3,(H2,11,12,13). The van der Waals surface area contributed by atoms with Gasteiger partial charge in [-0.15, -0.1) is 11.3 Å². The van der Waals surface area contributed by atoms with Crippen LogP contribution in [0.5, 0.6) is 0 Å². The summed E-state index contributed by atoms with van der Waals surface area (Å²) in [6.45, 7) is 6.24. The van der Waals surface area contributed by atoms with Crippen molar-refractivity contribution in [2.24, 2.45) is 4.99 Å². The molecule has 2 heterocycles. The highest BCUT2D eigenvalue weighted by Gasteiger charge is 2.10. The Kier molecular flexibility index (Phi) is 2.72. The maximum absolute atomic E-state index is 4.59. The second-order valence-electron chi connectivity index (χ2n) is 3.33. The molecule has 3 nitrogen and oxygen atoms in total. The molecule has 0 bridgehead atoms. The average Bonchev–Trinajstić information content (AvgIpc) is 2.79. The lowest BCUT2D eigenvalue weighted by Gasteiger charge is -2.00. The third-order valence-corrected chi connectivity index (χ3v) is 3.28. The van der Waals surface area contributed by atoms with E-state index in [0.717, 1.165) is 31.2 Å². The summed E-state index contributed by atoms with van der Waals surface area (Å²) < 4.78 is 0. The van der Waals surface area contributed by atoms with Gasteiger partial charge in [-0.3, -0.25) is 0 Å². The van der Waals surface area contributed by atoms with Gasteiger partial charge in [-0.05, 0) is 24.3 Å². The zero-order valence-corrected chi connectivity index (χ0v) is 9.37. The second-order valence-corrected chi connectivity index (χ2v) is 4.42. The van der Waals surface area contributed by atoms with Crippen LogP contribution in [0.3, 0.4) is 0 Å². The highest BCUT2D eigenvalue weighted by Crippen LogP contribution is 2.30. The Bertz CT molecular complexity index is 346. The van der Waals surface area contributed by atoms with Crippen LogP contribution in [-0.4, -0.2) is 19.0 Å². The number of thiophene rings is 1. The quantitative estimate of drug-likeness (QED) is 0.779. The van der Waals surface area contributed by atoms with E-state index in [1.165, 1.54) is 10.4 Å². The number of aryl methyl sites for hydroxylation is 2. The van der Waals surface area contributed by atoms with Crippen LogP contribution in [0.15, 0.2) is 10.4 Å². The molecule has 4 heteroatoms. The molecule has 1 aromatic rings. The maximum atomic E-state index is 4.59. The molecule has 2 N–H and O–H groups in total. The van der Waals surface area contributed by atoms with Crippen molar-refractivity contribution in [1.29, 1.82) is 0 Å². The van der Waals surface area contributed by atoms with Crippen LogP contribution in [0.1, 0.15) is 17.4 Å². The van der Waals surface area contributed by atoms with Gasteiger partial charge in [0.25, 0.3) is 0 Å². The van der Waals surface area contributed by atoms with E-state index < -0.39 is 0 Å². The van der Waals surface area contributed by atoms with E-state index in [1.807, 2.05) is 0 Å². The molecule has 0 aromatic carbocycles. The van der Waals surface area contributed by atoms with Gasteiger partial charge in [-0.1, -0.05) is 6.92 Å². The van der Waals surface area contributed by atoms with Crippen LogP contribution in [0.4, 0.5) is 5.69 Å². The van der Waals surface area contributed by atoms with Crippen molar-refractivity contribution in [2.45, 2.75) is 20.3 Å². The summed E-state index contributed by atoms with van der Waals surface area (Å²) in [4.78, 5) is 5.89. The van der Waals surface area contributed by atoms with E-state index in [0.29, 0.717) is 0 Å². The SMILES string of the molecule is CCc1csc(C)c1N=C1NCCN1. The topological polar surface area (TPSA) is 36.4 Å². The second kappa shape index (κ2) is 4.00. The third kappa shape index (κ3) is 1.75. The molecule has 1 aliphatic heterocycles. The molecule has 0 aliphatic carbocycles. The Morgan fingerprint density at radius 3 is 2.79 bits per heavy atom. The summed E-state index contributed by atoms with van der Waals surface area (Å²) in [5, 5.41) is 8.63. The Morgan fingerprint density at radius 2 is 2.14 bits per heavy atom. The Hall–Kier alpha value is -1.03. The Labute approximate surface area is 88.3 Å². The summed E-state index contributed by atoms with van der Waals surface area (Å²) in [5.74, 6) is 0.918. The summed E-state index contributed by atoms with van der Waals surface area (Å²) >= 11 is 1.78. The molecule has 1 aromatic heterocycles. The summed E-state index contributed by atoms with van der Waals surface area (Å²) in [6, 6.07) is 0. The minimum Gasteiger partial charge on any atom is -0.354 e. The average molecular weight is 209 g/mol. The van der Waals surface area contributed by atoms with E-state index in [-0.39, 0.29) is 0 Å². The first-order valence-electron chi connectivity index (χ1n) is 4.94. The predicted molar refractivity (Wildman–Crippen MR) is 61.5 cm³/mol. The summed E-state index contributed by atoms with van der Waals surface area (Å²) in [7, 11) is 0. The van der Waals surface area contributed by atoms with Gasteiger partial charge in [0, 0.05) is 18.0 Å². The first-order valence-corrected chi connectivity index (χ1v) is 5.82. The minimum atomic E-state index is 0.918. The van der Waals surface area contributed by atoms with E-state index in [2.05, 4.69) is 34.9 Å². The predicted octanol–water partition coefficient (Wildman–Crippen LogP) is 1.80. The summed E-state index contributed by atoms with van der Waals surface area (Å²) in [5.41, 5.74) is 2.49. The number of guanidine groups is 1. The fourth-order valence-corrected chi connectivity index (χ4v) is 2.40. The molecule has 0 atom stereocenters. The molecule has 1 saturated heterocycles. The fourth-order valence-electron chi connectivity index (χ4n) is 1.51. The van der Waals surface area contributed by atoms with Crippen molar-refractivity contribution in [3.63, 3.8) is 0 Å². The molecule has 2 rings (SSSR count). The van der Waals surface area contributed by atoms with Crippen LogP contribution in [-0.2, 0) is 6.42 Å². The lowest BCUT2D eigenvalue weighted by Crippen LogP contribution is -2.23. The van der Waals surface area contributed by atoms with Crippen LogP contribution in [0, 0.1) is 6.92 Å². The number of aliphatic imine (C=N–C) groups is 1. The van der Waals surface area contributed by atoms with Crippen LogP contribution in [0.2, 0.25) is 0 Å². The van der Waals surface area contributed by atoms with Gasteiger partial charge in [0.1, 0.15) is 0 Å². The zero-order valence-electron chi connectivity index (χ0n) is 8.55. The highest BCUT2D eigenvalue weighted by atomic mass is 32.1. The molecule has 76 valence electrons. The van der Waals surface area contributed by atoms with E-state index in [9.17, 15) is 0 Å². The largest absolute Gasteiger partial charge is 0.354 e.